The number of carbonyl (C=O) groups is 2. The van der Waals surface area contributed by atoms with Gasteiger partial charge in [-0.2, -0.15) is 0 Å². The Morgan fingerprint density at radius 1 is 0.898 bits per heavy atom. The molecule has 1 heterocycles. The van der Waals surface area contributed by atoms with Gasteiger partial charge in [-0.25, -0.2) is 4.79 Å². The van der Waals surface area contributed by atoms with Crippen molar-refractivity contribution < 1.29 is 14.4 Å². The van der Waals surface area contributed by atoms with Gasteiger partial charge in [-0.3, -0.25) is 4.79 Å². The van der Waals surface area contributed by atoms with Crippen LogP contribution in [0.25, 0.3) is 32.6 Å². The van der Waals surface area contributed by atoms with Gasteiger partial charge in [0.25, 0.3) is 0 Å². The fraction of sp³-hybridized carbons (Fsp3) is 0.432. The van der Waals surface area contributed by atoms with Crippen molar-refractivity contribution in [1.82, 2.24) is 4.57 Å². The van der Waals surface area contributed by atoms with Crippen molar-refractivity contribution in [3.05, 3.63) is 94.0 Å². The maximum Gasteiger partial charge on any atom is 0.331 e. The van der Waals surface area contributed by atoms with E-state index in [0.29, 0.717) is 11.8 Å². The Labute approximate surface area is 291 Å². The molecule has 0 saturated heterocycles. The van der Waals surface area contributed by atoms with Gasteiger partial charge in [0.15, 0.2) is 5.78 Å². The van der Waals surface area contributed by atoms with Crippen LogP contribution in [0.3, 0.4) is 0 Å². The zero-order valence-electron chi connectivity index (χ0n) is 30.3. The Bertz CT molecular complexity index is 2020. The first-order chi connectivity index (χ1) is 23.7. The summed E-state index contributed by atoms with van der Waals surface area (Å²) in [5.74, 6) is 0.887. The predicted octanol–water partition coefficient (Wildman–Crippen LogP) is 11.6. The average Bonchev–Trinajstić information content (AvgIpc) is 3.71. The minimum Gasteiger partial charge on any atom is -0.340 e. The molecule has 1 fully saturated rings. The maximum absolute atomic E-state index is 14.6. The van der Waals surface area contributed by atoms with Gasteiger partial charge in [0, 0.05) is 51.8 Å². The van der Waals surface area contributed by atoms with Gasteiger partial charge >= 0.3 is 5.97 Å². The lowest BCUT2D eigenvalue weighted by Crippen LogP contribution is -2.11. The quantitative estimate of drug-likeness (QED) is 0.0548. The summed E-state index contributed by atoms with van der Waals surface area (Å²) in [6.07, 6.45) is 11.6. The Morgan fingerprint density at radius 2 is 1.61 bits per heavy atom. The molecule has 6 rings (SSSR count). The van der Waals surface area contributed by atoms with Crippen molar-refractivity contribution >= 4 is 50.0 Å². The minimum absolute atomic E-state index is 0.0632. The number of hydrogen-bond acceptors (Lipinski definition) is 4. The number of unbranched alkanes of at least 4 members (excludes halogenated alkanes) is 1. The highest BCUT2D eigenvalue weighted by Crippen LogP contribution is 2.39. The zero-order valence-corrected chi connectivity index (χ0v) is 30.3. The number of carbonyl (C=O) groups excluding carboxylic acids is 2. The average molecular weight is 657 g/mol. The highest BCUT2D eigenvalue weighted by molar-refractivity contribution is 6.26. The first kappa shape index (κ1) is 34.6. The van der Waals surface area contributed by atoms with E-state index in [-0.39, 0.29) is 5.78 Å². The number of hydrogen-bond donors (Lipinski definition) is 0. The van der Waals surface area contributed by atoms with Gasteiger partial charge in [0.2, 0.25) is 0 Å². The topological polar surface area (TPSA) is 60.7 Å². The largest absolute Gasteiger partial charge is 0.340 e. The molecule has 1 saturated carbocycles. The SMILES string of the molecule is CCCCC(CC)Cn1c2ccc(/C(CCC3CCCC3)=N\OC(C)=O)cc2c2cc(C(=O)c3c(C)cc(C)cc3C)c3ccccc3c21. The third-order valence-corrected chi connectivity index (χ3v) is 10.9. The molecule has 1 aliphatic rings. The molecular weight excluding hydrogens is 604 g/mol. The summed E-state index contributed by atoms with van der Waals surface area (Å²) in [5.41, 5.74) is 8.80. The van der Waals surface area contributed by atoms with E-state index >= 15 is 0 Å². The van der Waals surface area contributed by atoms with Crippen LogP contribution in [-0.4, -0.2) is 22.0 Å². The number of ketones is 1. The number of aryl methyl sites for hydroxylation is 3. The summed E-state index contributed by atoms with van der Waals surface area (Å²) in [5, 5.41) is 8.68. The highest BCUT2D eigenvalue weighted by Gasteiger charge is 2.24. The Kier molecular flexibility index (Phi) is 10.7. The summed E-state index contributed by atoms with van der Waals surface area (Å²) in [7, 11) is 0. The van der Waals surface area contributed by atoms with Gasteiger partial charge in [-0.1, -0.05) is 112 Å². The zero-order chi connectivity index (χ0) is 34.7. The van der Waals surface area contributed by atoms with Crippen LogP contribution < -0.4 is 0 Å². The summed E-state index contributed by atoms with van der Waals surface area (Å²) in [4.78, 5) is 31.8. The molecule has 5 heteroatoms. The number of oxime groups is 1. The van der Waals surface area contributed by atoms with Crippen LogP contribution in [0.2, 0.25) is 0 Å². The minimum atomic E-state index is -0.412. The van der Waals surface area contributed by atoms with E-state index in [1.807, 2.05) is 19.9 Å². The van der Waals surface area contributed by atoms with Gasteiger partial charge in [0.1, 0.15) is 0 Å². The van der Waals surface area contributed by atoms with Crippen LogP contribution >= 0.6 is 0 Å². The van der Waals surface area contributed by atoms with Crippen LogP contribution in [0.5, 0.6) is 0 Å². The molecule has 5 nitrogen and oxygen atoms in total. The molecule has 49 heavy (non-hydrogen) atoms. The maximum atomic E-state index is 14.6. The normalized spacial score (nSPS) is 14.7. The Morgan fingerprint density at radius 3 is 2.29 bits per heavy atom. The highest BCUT2D eigenvalue weighted by atomic mass is 16.7. The van der Waals surface area contributed by atoms with E-state index < -0.39 is 5.97 Å². The summed E-state index contributed by atoms with van der Waals surface area (Å²) in [6.45, 7) is 13.1. The molecule has 0 aliphatic heterocycles. The molecule has 256 valence electrons. The van der Waals surface area contributed by atoms with Crippen LogP contribution in [0.15, 0.2) is 65.8 Å². The summed E-state index contributed by atoms with van der Waals surface area (Å²) >= 11 is 0. The molecule has 5 aromatic rings. The van der Waals surface area contributed by atoms with E-state index in [0.717, 1.165) is 92.0 Å². The molecule has 0 bridgehead atoms. The second-order valence-corrected chi connectivity index (χ2v) is 14.5. The van der Waals surface area contributed by atoms with Crippen molar-refractivity contribution in [3.8, 4) is 0 Å². The van der Waals surface area contributed by atoms with Gasteiger partial charge < -0.3 is 9.40 Å². The van der Waals surface area contributed by atoms with Gasteiger partial charge in [-0.15, -0.1) is 0 Å². The molecule has 1 atom stereocenters. The van der Waals surface area contributed by atoms with Crippen LogP contribution in [0.1, 0.15) is 123 Å². The van der Waals surface area contributed by atoms with Crippen LogP contribution in [0.4, 0.5) is 0 Å². The second kappa shape index (κ2) is 15.1. The molecule has 0 radical (unpaired) electrons. The fourth-order valence-corrected chi connectivity index (χ4v) is 8.37. The number of nitrogens with zero attached hydrogens (tertiary/aromatic N) is 2. The Balaban J connectivity index is 1.59. The fourth-order valence-electron chi connectivity index (χ4n) is 8.37. The first-order valence-electron chi connectivity index (χ1n) is 18.5. The first-order valence-corrected chi connectivity index (χ1v) is 18.5. The lowest BCUT2D eigenvalue weighted by molar-refractivity contribution is -0.140. The second-order valence-electron chi connectivity index (χ2n) is 14.5. The summed E-state index contributed by atoms with van der Waals surface area (Å²) < 4.78 is 2.51. The lowest BCUT2D eigenvalue weighted by Gasteiger charge is -2.19. The van der Waals surface area contributed by atoms with Gasteiger partial charge in [-0.05, 0) is 86.6 Å². The van der Waals surface area contributed by atoms with Crippen LogP contribution in [0, 0.1) is 32.6 Å². The van der Waals surface area contributed by atoms with Crippen molar-refractivity contribution in [3.63, 3.8) is 0 Å². The van der Waals surface area contributed by atoms with Crippen molar-refractivity contribution in [2.45, 2.75) is 112 Å². The number of fused-ring (bicyclic) bond motifs is 5. The third-order valence-electron chi connectivity index (χ3n) is 10.9. The van der Waals surface area contributed by atoms with E-state index in [2.05, 4.69) is 85.1 Å². The van der Waals surface area contributed by atoms with Crippen molar-refractivity contribution in [2.75, 3.05) is 0 Å². The Hall–Kier alpha value is -4.25. The number of benzene rings is 4. The van der Waals surface area contributed by atoms with E-state index in [1.165, 1.54) is 57.4 Å². The monoisotopic (exact) mass is 656 g/mol. The van der Waals surface area contributed by atoms with Gasteiger partial charge in [0.05, 0.1) is 11.2 Å². The summed E-state index contributed by atoms with van der Waals surface area (Å²) in [6, 6.07) is 21.4. The predicted molar refractivity (Wildman–Crippen MR) is 204 cm³/mol. The molecule has 1 unspecified atom stereocenters. The number of rotatable bonds is 13. The van der Waals surface area contributed by atoms with Crippen molar-refractivity contribution in [1.29, 1.82) is 0 Å². The van der Waals surface area contributed by atoms with Crippen molar-refractivity contribution in [2.24, 2.45) is 17.0 Å². The molecular formula is C44H52N2O3. The molecule has 4 aromatic carbocycles. The standard InChI is InChI=1S/C44H52N2O3/c1-7-9-14-32(8-2)27-46-41-22-20-34(40(45-49-31(6)47)21-19-33-15-10-11-16-33)25-37(41)38-26-39(35-17-12-13-18-36(35)43(38)46)44(48)42-29(4)23-28(3)24-30(42)5/h12-13,17-18,20,22-26,32-33H,7-11,14-16,19,21,27H2,1-6H3/b45-40-. The number of aromatic nitrogens is 1. The third kappa shape index (κ3) is 7.22. The van der Waals surface area contributed by atoms with Crippen LogP contribution in [-0.2, 0) is 16.2 Å². The molecule has 0 amide bonds. The molecule has 1 aliphatic carbocycles. The molecule has 1 aromatic heterocycles. The van der Waals surface area contributed by atoms with E-state index in [4.69, 9.17) is 4.84 Å². The lowest BCUT2D eigenvalue weighted by atomic mass is 9.89. The van der Waals surface area contributed by atoms with E-state index in [9.17, 15) is 9.59 Å². The molecule has 0 spiro atoms. The van der Waals surface area contributed by atoms with E-state index in [1.54, 1.807) is 0 Å². The molecule has 0 N–H and O–H groups in total. The smallest absolute Gasteiger partial charge is 0.331 e.